The second-order valence-electron chi connectivity index (χ2n) is 2.18. The van der Waals surface area contributed by atoms with Gasteiger partial charge in [-0.3, -0.25) is 0 Å². The summed E-state index contributed by atoms with van der Waals surface area (Å²) in [5.74, 6) is 0. The summed E-state index contributed by atoms with van der Waals surface area (Å²) in [5, 5.41) is 0. The lowest BCUT2D eigenvalue weighted by Crippen LogP contribution is -2.06. The van der Waals surface area contributed by atoms with E-state index in [1.165, 1.54) is 6.61 Å². The van der Waals surface area contributed by atoms with Gasteiger partial charge in [-0.25, -0.2) is 0 Å². The molecule has 0 unspecified atom stereocenters. The van der Waals surface area contributed by atoms with Crippen molar-refractivity contribution in [3.05, 3.63) is 6.61 Å². The summed E-state index contributed by atoms with van der Waals surface area (Å²) in [4.78, 5) is 0. The Morgan fingerprint density at radius 3 is 2.36 bits per heavy atom. The zero-order chi connectivity index (χ0) is 8.74. The Morgan fingerprint density at radius 1 is 1.27 bits per heavy atom. The first-order valence-corrected chi connectivity index (χ1v) is 3.52. The van der Waals surface area contributed by atoms with Crippen LogP contribution in [0.2, 0.25) is 0 Å². The number of hydrogen-bond acceptors (Lipinski definition) is 1. The highest BCUT2D eigenvalue weighted by atomic mass is 19.4. The van der Waals surface area contributed by atoms with Gasteiger partial charge in [0.15, 0.2) is 0 Å². The minimum atomic E-state index is -4.02. The molecule has 0 amide bonds. The fourth-order valence-electron chi connectivity index (χ4n) is 0.629. The minimum absolute atomic E-state index is 0.150. The van der Waals surface area contributed by atoms with Crippen LogP contribution in [0.4, 0.5) is 13.2 Å². The number of unbranched alkanes of at least 4 members (excludes halogenated alkanes) is 1. The molecule has 1 radical (unpaired) electrons. The van der Waals surface area contributed by atoms with Crippen molar-refractivity contribution in [1.82, 2.24) is 0 Å². The van der Waals surface area contributed by atoms with Crippen molar-refractivity contribution >= 4 is 0 Å². The third-order valence-corrected chi connectivity index (χ3v) is 1.14. The first-order valence-electron chi connectivity index (χ1n) is 3.52. The monoisotopic (exact) mass is 169 g/mol. The van der Waals surface area contributed by atoms with Gasteiger partial charge in [0.25, 0.3) is 0 Å². The van der Waals surface area contributed by atoms with Gasteiger partial charge < -0.3 is 4.74 Å². The van der Waals surface area contributed by atoms with Crippen LogP contribution in [0.25, 0.3) is 0 Å². The molecule has 0 aliphatic carbocycles. The highest BCUT2D eigenvalue weighted by Crippen LogP contribution is 2.21. The van der Waals surface area contributed by atoms with E-state index in [1.54, 1.807) is 6.92 Å². The van der Waals surface area contributed by atoms with Gasteiger partial charge in [0.05, 0.1) is 6.61 Å². The molecule has 0 aliphatic rings. The van der Waals surface area contributed by atoms with Gasteiger partial charge in [-0.1, -0.05) is 0 Å². The van der Waals surface area contributed by atoms with Gasteiger partial charge in [-0.15, -0.1) is 0 Å². The Kier molecular flexibility index (Phi) is 5.28. The molecule has 4 heteroatoms. The summed E-state index contributed by atoms with van der Waals surface area (Å²) in [6.45, 7) is 3.56. The molecule has 0 rings (SSSR count). The summed E-state index contributed by atoms with van der Waals surface area (Å²) in [6, 6.07) is 0. The molecule has 0 aromatic heterocycles. The van der Waals surface area contributed by atoms with Crippen molar-refractivity contribution in [2.75, 3.05) is 6.61 Å². The van der Waals surface area contributed by atoms with Crippen LogP contribution in [-0.2, 0) is 4.74 Å². The summed E-state index contributed by atoms with van der Waals surface area (Å²) >= 11 is 0. The predicted octanol–water partition coefficient (Wildman–Crippen LogP) is 2.92. The molecule has 0 atom stereocenters. The first kappa shape index (κ1) is 10.8. The summed E-state index contributed by atoms with van der Waals surface area (Å²) in [7, 11) is 0. The van der Waals surface area contributed by atoms with Crippen molar-refractivity contribution in [1.29, 1.82) is 0 Å². The van der Waals surface area contributed by atoms with E-state index in [0.717, 1.165) is 0 Å². The van der Waals surface area contributed by atoms with Gasteiger partial charge >= 0.3 is 6.18 Å². The second-order valence-corrected chi connectivity index (χ2v) is 2.18. The average Bonchev–Trinajstić information content (AvgIpc) is 1.85. The number of hydrogen-bond donors (Lipinski definition) is 0. The van der Waals surface area contributed by atoms with Gasteiger partial charge in [-0.05, 0) is 19.8 Å². The van der Waals surface area contributed by atoms with E-state index in [2.05, 4.69) is 0 Å². The number of halogens is 3. The molecule has 0 aromatic carbocycles. The number of rotatable bonds is 5. The van der Waals surface area contributed by atoms with E-state index >= 15 is 0 Å². The molecular formula is C7H12F3O. The first-order chi connectivity index (χ1) is 5.06. The van der Waals surface area contributed by atoms with Crippen LogP contribution in [0.3, 0.4) is 0 Å². The zero-order valence-corrected chi connectivity index (χ0v) is 6.45. The molecule has 0 saturated carbocycles. The lowest BCUT2D eigenvalue weighted by atomic mass is 10.2. The molecule has 67 valence electrons. The number of alkyl halides is 3. The van der Waals surface area contributed by atoms with Gasteiger partial charge in [0.1, 0.15) is 0 Å². The van der Waals surface area contributed by atoms with E-state index in [9.17, 15) is 13.2 Å². The standard InChI is InChI=1S/C7H12F3O/c1-2-11-6-4-3-5-7(8,9)10/h2H,3-6H2,1H3. The summed E-state index contributed by atoms with van der Waals surface area (Å²) in [5.41, 5.74) is 0. The molecular weight excluding hydrogens is 157 g/mol. The summed E-state index contributed by atoms with van der Waals surface area (Å²) in [6.07, 6.45) is -4.11. The Balaban J connectivity index is 3.02. The molecule has 11 heavy (non-hydrogen) atoms. The third-order valence-electron chi connectivity index (χ3n) is 1.14. The zero-order valence-electron chi connectivity index (χ0n) is 6.45. The van der Waals surface area contributed by atoms with Crippen molar-refractivity contribution in [3.63, 3.8) is 0 Å². The van der Waals surface area contributed by atoms with Crippen molar-refractivity contribution in [2.45, 2.75) is 32.4 Å². The Morgan fingerprint density at radius 2 is 1.91 bits per heavy atom. The maximum atomic E-state index is 11.5. The molecule has 0 aliphatic heterocycles. The smallest absolute Gasteiger partial charge is 0.376 e. The van der Waals surface area contributed by atoms with E-state index in [4.69, 9.17) is 4.74 Å². The normalized spacial score (nSPS) is 12.0. The molecule has 0 bridgehead atoms. The third kappa shape index (κ3) is 9.75. The maximum absolute atomic E-state index is 11.5. The lowest BCUT2D eigenvalue weighted by molar-refractivity contribution is -0.136. The molecule has 0 spiro atoms. The highest BCUT2D eigenvalue weighted by molar-refractivity contribution is 4.50. The molecule has 0 aromatic rings. The van der Waals surface area contributed by atoms with Gasteiger partial charge in [0, 0.05) is 13.0 Å². The van der Waals surface area contributed by atoms with Crippen LogP contribution in [0.5, 0.6) is 0 Å². The van der Waals surface area contributed by atoms with Crippen molar-refractivity contribution in [2.24, 2.45) is 0 Å². The van der Waals surface area contributed by atoms with Crippen LogP contribution < -0.4 is 0 Å². The average molecular weight is 169 g/mol. The molecule has 0 heterocycles. The van der Waals surface area contributed by atoms with Gasteiger partial charge in [0.2, 0.25) is 0 Å². The van der Waals surface area contributed by atoms with Crippen LogP contribution >= 0.6 is 0 Å². The van der Waals surface area contributed by atoms with Crippen molar-refractivity contribution < 1.29 is 17.9 Å². The molecule has 0 saturated heterocycles. The maximum Gasteiger partial charge on any atom is 0.389 e. The van der Waals surface area contributed by atoms with Crippen LogP contribution in [-0.4, -0.2) is 12.8 Å². The van der Waals surface area contributed by atoms with E-state index < -0.39 is 12.6 Å². The highest BCUT2D eigenvalue weighted by Gasteiger charge is 2.25. The van der Waals surface area contributed by atoms with Crippen molar-refractivity contribution in [3.8, 4) is 0 Å². The van der Waals surface area contributed by atoms with Crippen LogP contribution in [0, 0.1) is 6.61 Å². The Bertz CT molecular complexity index is 90.2. The molecule has 0 N–H and O–H groups in total. The van der Waals surface area contributed by atoms with Crippen LogP contribution in [0.15, 0.2) is 0 Å². The van der Waals surface area contributed by atoms with Crippen LogP contribution in [0.1, 0.15) is 26.2 Å². The fourth-order valence-corrected chi connectivity index (χ4v) is 0.629. The molecule has 1 nitrogen and oxygen atoms in total. The summed E-state index contributed by atoms with van der Waals surface area (Å²) < 4.78 is 39.3. The number of ether oxygens (including phenoxy) is 1. The largest absolute Gasteiger partial charge is 0.389 e. The SMILES string of the molecule is C[CH]OCCCCC(F)(F)F. The quantitative estimate of drug-likeness (QED) is 0.575. The lowest BCUT2D eigenvalue weighted by Gasteiger charge is -2.04. The predicted molar refractivity (Wildman–Crippen MR) is 35.8 cm³/mol. The van der Waals surface area contributed by atoms with Gasteiger partial charge in [-0.2, -0.15) is 13.2 Å². The van der Waals surface area contributed by atoms with E-state index in [1.807, 2.05) is 0 Å². The second kappa shape index (κ2) is 5.41. The van der Waals surface area contributed by atoms with E-state index in [-0.39, 0.29) is 6.42 Å². The van der Waals surface area contributed by atoms with E-state index in [0.29, 0.717) is 13.0 Å². The Hall–Kier alpha value is -0.250. The Labute approximate surface area is 64.5 Å². The topological polar surface area (TPSA) is 9.23 Å². The minimum Gasteiger partial charge on any atom is -0.376 e. The fraction of sp³-hybridized carbons (Fsp3) is 0.857. The molecule has 0 fully saturated rings.